The van der Waals surface area contributed by atoms with Crippen molar-refractivity contribution in [2.24, 2.45) is 0 Å². The molecule has 138 valence electrons. The molecule has 0 atom stereocenters. The van der Waals surface area contributed by atoms with Crippen LogP contribution in [0, 0.1) is 0 Å². The van der Waals surface area contributed by atoms with Crippen molar-refractivity contribution in [3.8, 4) is 0 Å². The fourth-order valence-corrected chi connectivity index (χ4v) is 2.68. The van der Waals surface area contributed by atoms with E-state index >= 15 is 0 Å². The van der Waals surface area contributed by atoms with Crippen LogP contribution in [0.25, 0.3) is 0 Å². The summed E-state index contributed by atoms with van der Waals surface area (Å²) in [6, 6.07) is 11.5. The molecule has 1 aromatic carbocycles. The first-order valence-corrected chi connectivity index (χ1v) is 9.22. The van der Waals surface area contributed by atoms with E-state index in [1.807, 2.05) is 43.3 Å². The second kappa shape index (κ2) is 10.3. The number of benzene rings is 1. The first-order chi connectivity index (χ1) is 12.6. The Labute approximate surface area is 155 Å². The molecule has 1 N–H and O–H groups in total. The van der Waals surface area contributed by atoms with Crippen LogP contribution in [0.2, 0.25) is 0 Å². The topological polar surface area (TPSA) is 62.3 Å². The zero-order chi connectivity index (χ0) is 18.8. The van der Waals surface area contributed by atoms with Gasteiger partial charge >= 0.3 is 11.8 Å². The molecule has 5 heteroatoms. The lowest BCUT2D eigenvalue weighted by atomic mass is 10.1. The molecule has 2 aromatic rings. The molecule has 0 aliphatic heterocycles. The average Bonchev–Trinajstić information content (AvgIpc) is 2.68. The Kier molecular flexibility index (Phi) is 7.80. The Morgan fingerprint density at radius 3 is 2.23 bits per heavy atom. The van der Waals surface area contributed by atoms with Gasteiger partial charge in [-0.2, -0.15) is 0 Å². The summed E-state index contributed by atoms with van der Waals surface area (Å²) in [5, 5.41) is 2.70. The minimum atomic E-state index is -0.595. The highest BCUT2D eigenvalue weighted by Gasteiger charge is 2.20. The molecule has 0 fully saturated rings. The Morgan fingerprint density at radius 1 is 0.962 bits per heavy atom. The maximum absolute atomic E-state index is 12.4. The van der Waals surface area contributed by atoms with Gasteiger partial charge in [0, 0.05) is 31.2 Å². The predicted octanol–water partition coefficient (Wildman–Crippen LogP) is 3.45. The molecule has 0 unspecified atom stereocenters. The van der Waals surface area contributed by atoms with Gasteiger partial charge in [-0.1, -0.05) is 25.5 Å². The SMILES string of the molecule is CCCCc1ccc(NC(=O)C(=O)N(CC)CCc2ccncc2)cc1. The van der Waals surface area contributed by atoms with Gasteiger partial charge in [0.05, 0.1) is 0 Å². The van der Waals surface area contributed by atoms with Gasteiger partial charge in [-0.05, 0) is 61.6 Å². The van der Waals surface area contributed by atoms with Gasteiger partial charge < -0.3 is 10.2 Å². The van der Waals surface area contributed by atoms with Crippen LogP contribution in [-0.4, -0.2) is 34.8 Å². The number of carbonyl (C=O) groups is 2. The molecule has 1 heterocycles. The van der Waals surface area contributed by atoms with Gasteiger partial charge in [-0.3, -0.25) is 14.6 Å². The molecule has 26 heavy (non-hydrogen) atoms. The molecule has 0 saturated heterocycles. The average molecular weight is 353 g/mol. The van der Waals surface area contributed by atoms with E-state index in [0.29, 0.717) is 25.2 Å². The van der Waals surface area contributed by atoms with E-state index in [2.05, 4.69) is 17.2 Å². The standard InChI is InChI=1S/C21H27N3O2/c1-3-5-6-17-7-9-19(10-8-17)23-20(25)21(26)24(4-2)16-13-18-11-14-22-15-12-18/h7-12,14-15H,3-6,13,16H2,1-2H3,(H,23,25). The molecule has 0 aliphatic rings. The molecular weight excluding hydrogens is 326 g/mol. The Balaban J connectivity index is 1.89. The second-order valence-electron chi connectivity index (χ2n) is 6.24. The number of hydrogen-bond donors (Lipinski definition) is 1. The van der Waals surface area contributed by atoms with E-state index in [0.717, 1.165) is 24.8 Å². The number of unbranched alkanes of at least 4 members (excludes halogenated alkanes) is 1. The summed E-state index contributed by atoms with van der Waals surface area (Å²) in [6.07, 6.45) is 7.48. The maximum Gasteiger partial charge on any atom is 0.313 e. The third kappa shape index (κ3) is 5.99. The zero-order valence-corrected chi connectivity index (χ0v) is 15.6. The van der Waals surface area contributed by atoms with Gasteiger partial charge in [-0.25, -0.2) is 0 Å². The monoisotopic (exact) mass is 353 g/mol. The van der Waals surface area contributed by atoms with Crippen LogP contribution in [0.4, 0.5) is 5.69 Å². The summed E-state index contributed by atoms with van der Waals surface area (Å²) >= 11 is 0. The Morgan fingerprint density at radius 2 is 1.62 bits per heavy atom. The number of aryl methyl sites for hydroxylation is 1. The number of nitrogens with zero attached hydrogens (tertiary/aromatic N) is 2. The number of rotatable bonds is 8. The number of hydrogen-bond acceptors (Lipinski definition) is 3. The lowest BCUT2D eigenvalue weighted by molar-refractivity contribution is -0.143. The smallest absolute Gasteiger partial charge is 0.313 e. The highest BCUT2D eigenvalue weighted by atomic mass is 16.2. The van der Waals surface area contributed by atoms with Gasteiger partial charge in [0.1, 0.15) is 0 Å². The van der Waals surface area contributed by atoms with Crippen molar-refractivity contribution in [3.63, 3.8) is 0 Å². The first-order valence-electron chi connectivity index (χ1n) is 9.22. The summed E-state index contributed by atoms with van der Waals surface area (Å²) < 4.78 is 0. The molecule has 0 bridgehead atoms. The number of nitrogens with one attached hydrogen (secondary N) is 1. The maximum atomic E-state index is 12.4. The zero-order valence-electron chi connectivity index (χ0n) is 15.6. The van der Waals surface area contributed by atoms with Crippen molar-refractivity contribution in [1.82, 2.24) is 9.88 Å². The van der Waals surface area contributed by atoms with E-state index in [1.54, 1.807) is 17.3 Å². The number of likely N-dealkylation sites (N-methyl/N-ethyl adjacent to an activating group) is 1. The number of pyridine rings is 1. The van der Waals surface area contributed by atoms with Crippen molar-refractivity contribution in [2.75, 3.05) is 18.4 Å². The number of carbonyl (C=O) groups excluding carboxylic acids is 2. The van der Waals surface area contributed by atoms with Crippen LogP contribution in [-0.2, 0) is 22.4 Å². The lowest BCUT2D eigenvalue weighted by Crippen LogP contribution is -2.40. The van der Waals surface area contributed by atoms with Crippen LogP contribution < -0.4 is 5.32 Å². The summed E-state index contributed by atoms with van der Waals surface area (Å²) in [4.78, 5) is 30.2. The van der Waals surface area contributed by atoms with Crippen molar-refractivity contribution in [2.45, 2.75) is 39.5 Å². The van der Waals surface area contributed by atoms with Crippen LogP contribution in [0.5, 0.6) is 0 Å². The molecule has 0 saturated carbocycles. The third-order valence-corrected chi connectivity index (χ3v) is 4.31. The van der Waals surface area contributed by atoms with E-state index in [9.17, 15) is 9.59 Å². The third-order valence-electron chi connectivity index (χ3n) is 4.31. The van der Waals surface area contributed by atoms with Crippen LogP contribution in [0.15, 0.2) is 48.8 Å². The Hall–Kier alpha value is -2.69. The molecule has 2 rings (SSSR count). The minimum Gasteiger partial charge on any atom is -0.334 e. The van der Waals surface area contributed by atoms with Gasteiger partial charge in [0.25, 0.3) is 0 Å². The molecule has 1 aromatic heterocycles. The predicted molar refractivity (Wildman–Crippen MR) is 104 cm³/mol. The molecule has 0 spiro atoms. The normalized spacial score (nSPS) is 10.4. The first kappa shape index (κ1) is 19.6. The van der Waals surface area contributed by atoms with Gasteiger partial charge in [0.15, 0.2) is 0 Å². The van der Waals surface area contributed by atoms with Gasteiger partial charge in [-0.15, -0.1) is 0 Å². The summed E-state index contributed by atoms with van der Waals surface area (Å²) in [6.45, 7) is 5.03. The molecular formula is C21H27N3O2. The minimum absolute atomic E-state index is 0.493. The highest BCUT2D eigenvalue weighted by molar-refractivity contribution is 6.39. The second-order valence-corrected chi connectivity index (χ2v) is 6.24. The number of anilines is 1. The fraction of sp³-hybridized carbons (Fsp3) is 0.381. The largest absolute Gasteiger partial charge is 0.334 e. The lowest BCUT2D eigenvalue weighted by Gasteiger charge is -2.20. The summed E-state index contributed by atoms with van der Waals surface area (Å²) in [5.74, 6) is -1.10. The van der Waals surface area contributed by atoms with Crippen molar-refractivity contribution in [1.29, 1.82) is 0 Å². The van der Waals surface area contributed by atoms with Crippen molar-refractivity contribution in [3.05, 3.63) is 59.9 Å². The van der Waals surface area contributed by atoms with Crippen LogP contribution in [0.3, 0.4) is 0 Å². The van der Waals surface area contributed by atoms with Gasteiger partial charge in [0.2, 0.25) is 0 Å². The summed E-state index contributed by atoms with van der Waals surface area (Å²) in [5.41, 5.74) is 2.98. The number of amides is 2. The van der Waals surface area contributed by atoms with Crippen molar-refractivity contribution >= 4 is 17.5 Å². The van der Waals surface area contributed by atoms with Crippen molar-refractivity contribution < 1.29 is 9.59 Å². The van der Waals surface area contributed by atoms with E-state index in [1.165, 1.54) is 5.56 Å². The molecule has 2 amide bonds. The molecule has 0 aliphatic carbocycles. The number of aromatic nitrogens is 1. The molecule has 5 nitrogen and oxygen atoms in total. The quantitative estimate of drug-likeness (QED) is 0.739. The fourth-order valence-electron chi connectivity index (χ4n) is 2.68. The summed E-state index contributed by atoms with van der Waals surface area (Å²) in [7, 11) is 0. The van der Waals surface area contributed by atoms with Crippen LogP contribution in [0.1, 0.15) is 37.8 Å². The Bertz CT molecular complexity index is 699. The molecule has 0 radical (unpaired) electrons. The van der Waals surface area contributed by atoms with Crippen LogP contribution >= 0.6 is 0 Å². The van der Waals surface area contributed by atoms with E-state index < -0.39 is 11.8 Å². The van der Waals surface area contributed by atoms with E-state index in [-0.39, 0.29) is 0 Å². The highest BCUT2D eigenvalue weighted by Crippen LogP contribution is 2.12. The van der Waals surface area contributed by atoms with E-state index in [4.69, 9.17) is 0 Å².